The van der Waals surface area contributed by atoms with E-state index in [9.17, 15) is 19.5 Å². The fraction of sp³-hybridized carbons (Fsp3) is 0.190. The Bertz CT molecular complexity index is 1070. The second kappa shape index (κ2) is 8.92. The van der Waals surface area contributed by atoms with Crippen molar-refractivity contribution in [3.8, 4) is 11.5 Å². The maximum Gasteiger partial charge on any atom is 0.339 e. The summed E-state index contributed by atoms with van der Waals surface area (Å²) in [6.45, 7) is -0.406. The summed E-state index contributed by atoms with van der Waals surface area (Å²) in [5, 5.41) is 12.5. The summed E-state index contributed by atoms with van der Waals surface area (Å²) in [5.41, 5.74) is 0.472. The number of amides is 1. The molecule has 29 heavy (non-hydrogen) atoms. The Balaban J connectivity index is 1.68. The van der Waals surface area contributed by atoms with Crippen LogP contribution in [0.15, 0.2) is 63.8 Å². The number of phenols is 1. The number of nitrogens with one attached hydrogen (secondary N) is 1. The molecule has 1 aromatic heterocycles. The minimum atomic E-state index is -0.932. The number of para-hydroxylation sites is 1. The van der Waals surface area contributed by atoms with E-state index in [-0.39, 0.29) is 17.9 Å². The van der Waals surface area contributed by atoms with Gasteiger partial charge in [-0.3, -0.25) is 4.79 Å². The van der Waals surface area contributed by atoms with Gasteiger partial charge in [-0.15, -0.1) is 0 Å². The predicted octanol–water partition coefficient (Wildman–Crippen LogP) is 1.78. The molecule has 0 fully saturated rings. The Hall–Kier alpha value is -3.81. The number of methoxy groups -OCH3 is 1. The average Bonchev–Trinajstić information content (AvgIpc) is 2.72. The van der Waals surface area contributed by atoms with Crippen molar-refractivity contribution in [2.75, 3.05) is 13.7 Å². The van der Waals surface area contributed by atoms with Crippen molar-refractivity contribution in [2.24, 2.45) is 0 Å². The summed E-state index contributed by atoms with van der Waals surface area (Å²) < 4.78 is 15.3. The Kier molecular flexibility index (Phi) is 6.13. The quantitative estimate of drug-likeness (QED) is 0.461. The molecule has 2 N–H and O–H groups in total. The third-order valence-electron chi connectivity index (χ3n) is 4.17. The Morgan fingerprint density at radius 2 is 1.86 bits per heavy atom. The molecule has 0 bridgehead atoms. The normalized spacial score (nSPS) is 11.6. The molecule has 0 saturated carbocycles. The van der Waals surface area contributed by atoms with E-state index in [1.807, 2.05) is 0 Å². The molecule has 8 nitrogen and oxygen atoms in total. The summed E-state index contributed by atoms with van der Waals surface area (Å²) in [6, 6.07) is 13.3. The highest BCUT2D eigenvalue weighted by Gasteiger charge is 2.22. The first-order valence-electron chi connectivity index (χ1n) is 8.77. The second-order valence-electron chi connectivity index (χ2n) is 6.23. The summed E-state index contributed by atoms with van der Waals surface area (Å²) in [7, 11) is 1.23. The van der Waals surface area contributed by atoms with Gasteiger partial charge in [0.15, 0.2) is 6.61 Å². The van der Waals surface area contributed by atoms with Gasteiger partial charge in [0, 0.05) is 6.42 Å². The zero-order valence-electron chi connectivity index (χ0n) is 15.6. The van der Waals surface area contributed by atoms with Crippen LogP contribution in [0.1, 0.15) is 5.56 Å². The number of carbonyl (C=O) groups excluding carboxylic acids is 2. The van der Waals surface area contributed by atoms with Gasteiger partial charge in [-0.05, 0) is 29.8 Å². The van der Waals surface area contributed by atoms with Gasteiger partial charge in [-0.2, -0.15) is 0 Å². The van der Waals surface area contributed by atoms with Crippen molar-refractivity contribution in [1.82, 2.24) is 5.32 Å². The third kappa shape index (κ3) is 5.13. The van der Waals surface area contributed by atoms with Crippen molar-refractivity contribution in [3.63, 3.8) is 0 Å². The number of hydrogen-bond donors (Lipinski definition) is 2. The highest BCUT2D eigenvalue weighted by molar-refractivity contribution is 5.86. The molecular formula is C21H19NO7. The number of fused-ring (bicyclic) bond motifs is 1. The largest absolute Gasteiger partial charge is 0.508 e. The number of esters is 1. The monoisotopic (exact) mass is 397 g/mol. The lowest BCUT2D eigenvalue weighted by atomic mass is 10.1. The maximum absolute atomic E-state index is 12.3. The van der Waals surface area contributed by atoms with Crippen LogP contribution in [0.2, 0.25) is 0 Å². The van der Waals surface area contributed by atoms with E-state index in [4.69, 9.17) is 13.9 Å². The number of aromatic hydroxyl groups is 1. The van der Waals surface area contributed by atoms with Gasteiger partial charge in [-0.25, -0.2) is 9.59 Å². The lowest BCUT2D eigenvalue weighted by Crippen LogP contribution is -2.44. The van der Waals surface area contributed by atoms with E-state index in [1.54, 1.807) is 36.4 Å². The first-order valence-corrected chi connectivity index (χ1v) is 8.77. The molecule has 0 radical (unpaired) electrons. The van der Waals surface area contributed by atoms with E-state index in [2.05, 4.69) is 5.32 Å². The number of phenolic OH excluding ortho intramolecular Hbond substituents is 1. The SMILES string of the molecule is COC(=O)[C@H](Cc1ccc(O)cc1)NC(=O)COc1cc(=O)oc2ccccc12. The standard InChI is InChI=1S/C21H19NO7/c1-27-21(26)16(10-13-6-8-14(23)9-7-13)22-19(24)12-28-18-11-20(25)29-17-5-3-2-4-15(17)18/h2-9,11,16,23H,10,12H2,1H3,(H,22,24)/t16-/m0/s1. The van der Waals surface area contributed by atoms with Gasteiger partial charge in [0.25, 0.3) is 5.91 Å². The summed E-state index contributed by atoms with van der Waals surface area (Å²) in [4.78, 5) is 36.0. The van der Waals surface area contributed by atoms with E-state index in [0.29, 0.717) is 11.0 Å². The lowest BCUT2D eigenvalue weighted by molar-refractivity contribution is -0.145. The van der Waals surface area contributed by atoms with Crippen molar-refractivity contribution in [2.45, 2.75) is 12.5 Å². The lowest BCUT2D eigenvalue weighted by Gasteiger charge is -2.17. The molecule has 150 valence electrons. The molecule has 0 unspecified atom stereocenters. The third-order valence-corrected chi connectivity index (χ3v) is 4.17. The molecule has 2 aromatic carbocycles. The van der Waals surface area contributed by atoms with Gasteiger partial charge in [0.05, 0.1) is 18.6 Å². The van der Waals surface area contributed by atoms with E-state index in [0.717, 1.165) is 11.6 Å². The number of hydrogen-bond acceptors (Lipinski definition) is 7. The van der Waals surface area contributed by atoms with Crippen molar-refractivity contribution in [3.05, 3.63) is 70.6 Å². The predicted molar refractivity (Wildman–Crippen MR) is 104 cm³/mol. The summed E-state index contributed by atoms with van der Waals surface area (Å²) >= 11 is 0. The summed E-state index contributed by atoms with van der Waals surface area (Å²) in [6.07, 6.45) is 0.177. The average molecular weight is 397 g/mol. The van der Waals surface area contributed by atoms with Crippen molar-refractivity contribution >= 4 is 22.8 Å². The Morgan fingerprint density at radius 3 is 2.59 bits per heavy atom. The van der Waals surface area contributed by atoms with Crippen LogP contribution in [0.4, 0.5) is 0 Å². The maximum atomic E-state index is 12.3. The Labute approximate surface area is 165 Å². The topological polar surface area (TPSA) is 115 Å². The minimum absolute atomic E-state index is 0.0976. The first-order chi connectivity index (χ1) is 14.0. The molecular weight excluding hydrogens is 378 g/mol. The van der Waals surface area contributed by atoms with Crippen LogP contribution in [-0.4, -0.2) is 36.7 Å². The Morgan fingerprint density at radius 1 is 1.14 bits per heavy atom. The fourth-order valence-corrected chi connectivity index (χ4v) is 2.78. The van der Waals surface area contributed by atoms with Gasteiger partial charge in [0.1, 0.15) is 23.1 Å². The molecule has 0 aliphatic rings. The van der Waals surface area contributed by atoms with Crippen molar-refractivity contribution in [1.29, 1.82) is 0 Å². The van der Waals surface area contributed by atoms with Crippen molar-refractivity contribution < 1.29 is 28.6 Å². The molecule has 1 heterocycles. The van der Waals surface area contributed by atoms with Crippen LogP contribution in [0, 0.1) is 0 Å². The number of ether oxygens (including phenoxy) is 2. The van der Waals surface area contributed by atoms with Crippen LogP contribution in [0.25, 0.3) is 11.0 Å². The van der Waals surface area contributed by atoms with E-state index in [1.165, 1.54) is 19.2 Å². The number of rotatable bonds is 7. The fourth-order valence-electron chi connectivity index (χ4n) is 2.78. The zero-order chi connectivity index (χ0) is 20.8. The molecule has 0 saturated heterocycles. The smallest absolute Gasteiger partial charge is 0.339 e. The van der Waals surface area contributed by atoms with Crippen LogP contribution >= 0.6 is 0 Å². The molecule has 3 aromatic rings. The van der Waals surface area contributed by atoms with Gasteiger partial charge < -0.3 is 24.3 Å². The number of carbonyl (C=O) groups is 2. The second-order valence-corrected chi connectivity index (χ2v) is 6.23. The zero-order valence-corrected chi connectivity index (χ0v) is 15.6. The molecule has 8 heteroatoms. The van der Waals surface area contributed by atoms with Gasteiger partial charge in [0.2, 0.25) is 0 Å². The van der Waals surface area contributed by atoms with Crippen LogP contribution < -0.4 is 15.7 Å². The van der Waals surface area contributed by atoms with E-state index >= 15 is 0 Å². The van der Waals surface area contributed by atoms with Crippen LogP contribution in [-0.2, 0) is 20.7 Å². The van der Waals surface area contributed by atoms with Crippen LogP contribution in [0.5, 0.6) is 11.5 Å². The van der Waals surface area contributed by atoms with Crippen LogP contribution in [0.3, 0.4) is 0 Å². The molecule has 3 rings (SSSR count). The molecule has 0 spiro atoms. The molecule has 0 aliphatic carbocycles. The highest BCUT2D eigenvalue weighted by atomic mass is 16.5. The van der Waals surface area contributed by atoms with Gasteiger partial charge >= 0.3 is 11.6 Å². The minimum Gasteiger partial charge on any atom is -0.508 e. The van der Waals surface area contributed by atoms with E-state index < -0.39 is 30.2 Å². The first kappa shape index (κ1) is 19.9. The highest BCUT2D eigenvalue weighted by Crippen LogP contribution is 2.23. The molecule has 1 atom stereocenters. The number of benzene rings is 2. The summed E-state index contributed by atoms with van der Waals surface area (Å²) in [5.74, 6) is -0.866. The van der Waals surface area contributed by atoms with Gasteiger partial charge in [-0.1, -0.05) is 24.3 Å². The molecule has 0 aliphatic heterocycles. The molecule has 1 amide bonds.